The zero-order valence-electron chi connectivity index (χ0n) is 17.9. The van der Waals surface area contributed by atoms with Gasteiger partial charge in [-0.1, -0.05) is 29.8 Å². The van der Waals surface area contributed by atoms with Crippen molar-refractivity contribution in [3.8, 4) is 11.5 Å². The van der Waals surface area contributed by atoms with Crippen molar-refractivity contribution in [3.63, 3.8) is 0 Å². The number of nitrogens with one attached hydrogen (secondary N) is 2. The van der Waals surface area contributed by atoms with Gasteiger partial charge < -0.3 is 14.8 Å². The molecular weight excluding hydrogens is 454 g/mol. The van der Waals surface area contributed by atoms with Crippen LogP contribution in [0.5, 0.6) is 11.5 Å². The second kappa shape index (κ2) is 9.46. The summed E-state index contributed by atoms with van der Waals surface area (Å²) < 4.78 is 39.3. The average molecular weight is 476 g/mol. The Bertz CT molecular complexity index is 1260. The van der Waals surface area contributed by atoms with Gasteiger partial charge in [-0.05, 0) is 49.2 Å². The summed E-state index contributed by atoms with van der Waals surface area (Å²) in [6, 6.07) is 11.2. The zero-order chi connectivity index (χ0) is 23.5. The number of carbonyl (C=O) groups excluding carboxylic acids is 1. The van der Waals surface area contributed by atoms with Crippen molar-refractivity contribution in [3.05, 3.63) is 70.5 Å². The predicted octanol–water partition coefficient (Wildman–Crippen LogP) is 4.42. The zero-order valence-corrected chi connectivity index (χ0v) is 19.5. The van der Waals surface area contributed by atoms with Gasteiger partial charge in [-0.25, -0.2) is 13.4 Å². The first-order valence-electron chi connectivity index (χ1n) is 9.44. The number of amides is 1. The number of nitrogens with zero attached hydrogens (tertiary/aromatic N) is 1. The van der Waals surface area contributed by atoms with Gasteiger partial charge in [0.2, 0.25) is 0 Å². The van der Waals surface area contributed by atoms with Gasteiger partial charge in [0.1, 0.15) is 21.5 Å². The fraction of sp³-hybridized carbons (Fsp3) is 0.182. The Kier molecular flexibility index (Phi) is 6.90. The van der Waals surface area contributed by atoms with Crippen molar-refractivity contribution < 1.29 is 22.7 Å². The smallest absolute Gasteiger partial charge is 0.265 e. The van der Waals surface area contributed by atoms with Gasteiger partial charge in [-0.15, -0.1) is 0 Å². The molecule has 2 N–H and O–H groups in total. The summed E-state index contributed by atoms with van der Waals surface area (Å²) in [6.07, 6.45) is 1.39. The van der Waals surface area contributed by atoms with E-state index < -0.39 is 15.9 Å². The van der Waals surface area contributed by atoms with Gasteiger partial charge in [-0.2, -0.15) is 0 Å². The van der Waals surface area contributed by atoms with Gasteiger partial charge in [0, 0.05) is 5.69 Å². The summed E-state index contributed by atoms with van der Waals surface area (Å²) in [6.45, 7) is 3.62. The number of halogens is 1. The van der Waals surface area contributed by atoms with E-state index in [1.165, 1.54) is 44.7 Å². The number of ether oxygens (including phenoxy) is 2. The molecule has 1 heterocycles. The number of rotatable bonds is 7. The fourth-order valence-electron chi connectivity index (χ4n) is 3.03. The third-order valence-corrected chi connectivity index (χ3v) is 6.39. The summed E-state index contributed by atoms with van der Waals surface area (Å²) in [5.74, 6) is -0.0872. The number of pyridine rings is 1. The predicted molar refractivity (Wildman–Crippen MR) is 123 cm³/mol. The second-order valence-electron chi connectivity index (χ2n) is 6.91. The highest BCUT2D eigenvalue weighted by molar-refractivity contribution is 7.92. The number of sulfonamides is 1. The van der Waals surface area contributed by atoms with Gasteiger partial charge in [-0.3, -0.25) is 9.52 Å². The van der Waals surface area contributed by atoms with Crippen molar-refractivity contribution in [2.24, 2.45) is 0 Å². The fourth-order valence-corrected chi connectivity index (χ4v) is 4.62. The van der Waals surface area contributed by atoms with Crippen LogP contribution in [-0.2, 0) is 10.0 Å². The first-order valence-corrected chi connectivity index (χ1v) is 11.3. The Hall–Kier alpha value is -3.30. The molecule has 0 aliphatic rings. The molecule has 1 amide bonds. The highest BCUT2D eigenvalue weighted by Crippen LogP contribution is 2.31. The van der Waals surface area contributed by atoms with Crippen LogP contribution in [0.2, 0.25) is 5.15 Å². The highest BCUT2D eigenvalue weighted by Gasteiger charge is 2.23. The lowest BCUT2D eigenvalue weighted by Gasteiger charge is -2.16. The Morgan fingerprint density at radius 3 is 2.34 bits per heavy atom. The monoisotopic (exact) mass is 475 g/mol. The number of anilines is 2. The molecular formula is C22H22ClN3O5S. The van der Waals surface area contributed by atoms with Crippen LogP contribution in [0.1, 0.15) is 21.5 Å². The third-order valence-electron chi connectivity index (χ3n) is 4.72. The molecule has 0 atom stereocenters. The number of hydrogen-bond donors (Lipinski definition) is 2. The number of para-hydroxylation sites is 1. The van der Waals surface area contributed by atoms with E-state index in [0.29, 0.717) is 11.4 Å². The molecule has 0 unspecified atom stereocenters. The van der Waals surface area contributed by atoms with E-state index in [4.69, 9.17) is 21.1 Å². The standard InChI is InChI=1S/C22H22ClN3O5S/c1-13-6-5-7-14(2)20(13)26-32(28,29)19-10-15(8-9-18(19)31-4)25-22(27)17-11-16(30-3)12-24-21(17)23/h5-12,26H,1-4H3,(H,25,27). The second-order valence-corrected chi connectivity index (χ2v) is 8.91. The lowest BCUT2D eigenvalue weighted by atomic mass is 10.1. The summed E-state index contributed by atoms with van der Waals surface area (Å²) >= 11 is 6.03. The maximum absolute atomic E-state index is 13.2. The van der Waals surface area contributed by atoms with E-state index in [1.807, 2.05) is 32.0 Å². The third kappa shape index (κ3) is 4.95. The molecule has 3 rings (SSSR count). The summed E-state index contributed by atoms with van der Waals surface area (Å²) in [5, 5.41) is 2.62. The summed E-state index contributed by atoms with van der Waals surface area (Å²) in [4.78, 5) is 16.5. The SMILES string of the molecule is COc1cnc(Cl)c(C(=O)Nc2ccc(OC)c(S(=O)(=O)Nc3c(C)cccc3C)c2)c1. The molecule has 0 bridgehead atoms. The average Bonchev–Trinajstić information content (AvgIpc) is 2.76. The minimum atomic E-state index is -4.03. The first kappa shape index (κ1) is 23.4. The topological polar surface area (TPSA) is 107 Å². The largest absolute Gasteiger partial charge is 0.495 e. The Labute approximate surface area is 191 Å². The molecule has 0 spiro atoms. The number of aryl methyl sites for hydroxylation is 2. The molecule has 1 aromatic heterocycles. The number of carbonyl (C=O) groups is 1. The molecule has 0 radical (unpaired) electrons. The van der Waals surface area contributed by atoms with Crippen LogP contribution in [0.15, 0.2) is 53.6 Å². The van der Waals surface area contributed by atoms with Crippen molar-refractivity contribution >= 4 is 38.9 Å². The van der Waals surface area contributed by atoms with Crippen LogP contribution in [0.3, 0.4) is 0 Å². The van der Waals surface area contributed by atoms with Crippen LogP contribution in [0.25, 0.3) is 0 Å². The summed E-state index contributed by atoms with van der Waals surface area (Å²) in [5.41, 5.74) is 2.35. The number of aromatic nitrogens is 1. The van der Waals surface area contributed by atoms with Crippen molar-refractivity contribution in [1.82, 2.24) is 4.98 Å². The Balaban J connectivity index is 1.96. The van der Waals surface area contributed by atoms with E-state index >= 15 is 0 Å². The minimum Gasteiger partial charge on any atom is -0.495 e. The molecule has 168 valence electrons. The van der Waals surface area contributed by atoms with Crippen LogP contribution in [0.4, 0.5) is 11.4 Å². The van der Waals surface area contributed by atoms with E-state index in [-0.39, 0.29) is 27.0 Å². The molecule has 2 aromatic carbocycles. The van der Waals surface area contributed by atoms with E-state index in [1.54, 1.807) is 0 Å². The van der Waals surface area contributed by atoms with Gasteiger partial charge in [0.05, 0.1) is 31.7 Å². The molecule has 32 heavy (non-hydrogen) atoms. The Morgan fingerprint density at radius 1 is 1.03 bits per heavy atom. The molecule has 0 fully saturated rings. The maximum atomic E-state index is 13.2. The first-order chi connectivity index (χ1) is 15.2. The quantitative estimate of drug-likeness (QED) is 0.490. The van der Waals surface area contributed by atoms with E-state index in [0.717, 1.165) is 11.1 Å². The van der Waals surface area contributed by atoms with E-state index in [9.17, 15) is 13.2 Å². The van der Waals surface area contributed by atoms with Gasteiger partial charge >= 0.3 is 0 Å². The van der Waals surface area contributed by atoms with Crippen LogP contribution < -0.4 is 19.5 Å². The number of methoxy groups -OCH3 is 2. The highest BCUT2D eigenvalue weighted by atomic mass is 35.5. The molecule has 0 saturated carbocycles. The van der Waals surface area contributed by atoms with E-state index in [2.05, 4.69) is 15.0 Å². The maximum Gasteiger partial charge on any atom is 0.265 e. The minimum absolute atomic E-state index is 0.0126. The van der Waals surface area contributed by atoms with Crippen LogP contribution in [-0.4, -0.2) is 33.5 Å². The Morgan fingerprint density at radius 2 is 1.72 bits per heavy atom. The molecule has 0 saturated heterocycles. The van der Waals surface area contributed by atoms with Crippen molar-refractivity contribution in [2.75, 3.05) is 24.3 Å². The molecule has 0 aliphatic carbocycles. The number of benzene rings is 2. The van der Waals surface area contributed by atoms with Gasteiger partial charge in [0.25, 0.3) is 15.9 Å². The van der Waals surface area contributed by atoms with Crippen LogP contribution >= 0.6 is 11.6 Å². The lowest BCUT2D eigenvalue weighted by Crippen LogP contribution is -2.17. The molecule has 8 nitrogen and oxygen atoms in total. The molecule has 3 aromatic rings. The van der Waals surface area contributed by atoms with Gasteiger partial charge in [0.15, 0.2) is 0 Å². The van der Waals surface area contributed by atoms with Crippen molar-refractivity contribution in [2.45, 2.75) is 18.7 Å². The summed E-state index contributed by atoms with van der Waals surface area (Å²) in [7, 11) is -1.22. The normalized spacial score (nSPS) is 11.0. The molecule has 0 aliphatic heterocycles. The molecule has 10 heteroatoms. The lowest BCUT2D eigenvalue weighted by molar-refractivity contribution is 0.102. The van der Waals surface area contributed by atoms with Crippen LogP contribution in [0, 0.1) is 13.8 Å². The number of hydrogen-bond acceptors (Lipinski definition) is 6. The van der Waals surface area contributed by atoms with Crippen molar-refractivity contribution in [1.29, 1.82) is 0 Å².